The molecule has 0 bridgehead atoms. The van der Waals surface area contributed by atoms with Gasteiger partial charge in [0.05, 0.1) is 41.6 Å². The van der Waals surface area contributed by atoms with Crippen molar-refractivity contribution in [2.24, 2.45) is 5.73 Å². The van der Waals surface area contributed by atoms with Crippen LogP contribution in [0, 0.1) is 5.82 Å². The molecule has 0 unspecified atom stereocenters. The summed E-state index contributed by atoms with van der Waals surface area (Å²) in [6.07, 6.45) is 0. The van der Waals surface area contributed by atoms with E-state index in [4.69, 9.17) is 15.2 Å². The standard InChI is InChI=1S/C18H17FN2O5S/c1-8-15(22)21-14(20)12(17(23)25-2)11(9-6-4-5-7-10(9)19)13(16(21)27-8)18(24)26-3/h4-8,11H,20H2,1-3H3/t8-,11+/m0/s1. The van der Waals surface area contributed by atoms with Gasteiger partial charge in [-0.1, -0.05) is 30.0 Å². The van der Waals surface area contributed by atoms with Crippen LogP contribution in [-0.2, 0) is 23.9 Å². The number of hydrogen-bond acceptors (Lipinski definition) is 7. The molecule has 1 fully saturated rings. The summed E-state index contributed by atoms with van der Waals surface area (Å²) in [5.41, 5.74) is 5.98. The third-order valence-electron chi connectivity index (χ3n) is 4.41. The number of carbonyl (C=O) groups excluding carboxylic acids is 3. The second-order valence-corrected chi connectivity index (χ2v) is 7.22. The van der Waals surface area contributed by atoms with Crippen molar-refractivity contribution in [3.8, 4) is 0 Å². The van der Waals surface area contributed by atoms with Crippen molar-refractivity contribution in [1.82, 2.24) is 4.90 Å². The molecule has 1 aromatic carbocycles. The number of halogens is 1. The minimum atomic E-state index is -1.16. The Kier molecular flexibility index (Phi) is 4.97. The fraction of sp³-hybridized carbons (Fsp3) is 0.278. The molecular formula is C18H17FN2O5S. The fourth-order valence-corrected chi connectivity index (χ4v) is 4.33. The van der Waals surface area contributed by atoms with Crippen LogP contribution < -0.4 is 5.73 Å². The summed E-state index contributed by atoms with van der Waals surface area (Å²) >= 11 is 1.11. The molecule has 1 saturated heterocycles. The second-order valence-electron chi connectivity index (χ2n) is 5.89. The molecule has 0 radical (unpaired) electrons. The van der Waals surface area contributed by atoms with Gasteiger partial charge >= 0.3 is 11.9 Å². The van der Waals surface area contributed by atoms with Gasteiger partial charge in [-0.2, -0.15) is 0 Å². The number of benzene rings is 1. The zero-order valence-corrected chi connectivity index (χ0v) is 15.6. The highest BCUT2D eigenvalue weighted by molar-refractivity contribution is 8.04. The van der Waals surface area contributed by atoms with Crippen molar-refractivity contribution in [3.63, 3.8) is 0 Å². The van der Waals surface area contributed by atoms with Gasteiger partial charge in [-0.15, -0.1) is 0 Å². The van der Waals surface area contributed by atoms with Crippen molar-refractivity contribution >= 4 is 29.6 Å². The molecule has 2 N–H and O–H groups in total. The predicted octanol–water partition coefficient (Wildman–Crippen LogP) is 1.61. The molecular weight excluding hydrogens is 375 g/mol. The Labute approximate surface area is 159 Å². The van der Waals surface area contributed by atoms with E-state index in [1.54, 1.807) is 13.0 Å². The van der Waals surface area contributed by atoms with Gasteiger partial charge in [0, 0.05) is 5.56 Å². The lowest BCUT2D eigenvalue weighted by atomic mass is 9.82. The number of rotatable bonds is 3. The Hall–Kier alpha value is -2.81. The van der Waals surface area contributed by atoms with Crippen molar-refractivity contribution in [1.29, 1.82) is 0 Å². The average Bonchev–Trinajstić information content (AvgIpc) is 2.95. The zero-order chi connectivity index (χ0) is 19.9. The summed E-state index contributed by atoms with van der Waals surface area (Å²) in [6.45, 7) is 1.65. The molecule has 1 amide bonds. The van der Waals surface area contributed by atoms with E-state index in [1.807, 2.05) is 0 Å². The van der Waals surface area contributed by atoms with E-state index in [2.05, 4.69) is 0 Å². The Morgan fingerprint density at radius 3 is 2.33 bits per heavy atom. The molecule has 0 aromatic heterocycles. The molecule has 2 atom stereocenters. The van der Waals surface area contributed by atoms with Gasteiger partial charge in [0.25, 0.3) is 0 Å². The summed E-state index contributed by atoms with van der Waals surface area (Å²) < 4.78 is 24.3. The van der Waals surface area contributed by atoms with Gasteiger partial charge in [0.15, 0.2) is 0 Å². The first-order valence-electron chi connectivity index (χ1n) is 7.98. The Balaban J connectivity index is 2.36. The number of amides is 1. The van der Waals surface area contributed by atoms with Crippen LogP contribution in [0.4, 0.5) is 4.39 Å². The van der Waals surface area contributed by atoms with Crippen LogP contribution in [-0.4, -0.2) is 42.2 Å². The van der Waals surface area contributed by atoms with E-state index in [9.17, 15) is 18.8 Å². The largest absolute Gasteiger partial charge is 0.466 e. The van der Waals surface area contributed by atoms with Crippen molar-refractivity contribution in [3.05, 3.63) is 57.6 Å². The van der Waals surface area contributed by atoms with Crippen LogP contribution in [0.3, 0.4) is 0 Å². The number of nitrogens with zero attached hydrogens (tertiary/aromatic N) is 1. The highest BCUT2D eigenvalue weighted by Crippen LogP contribution is 2.50. The summed E-state index contributed by atoms with van der Waals surface area (Å²) in [4.78, 5) is 38.8. The highest BCUT2D eigenvalue weighted by Gasteiger charge is 2.49. The van der Waals surface area contributed by atoms with E-state index in [1.165, 1.54) is 25.3 Å². The molecule has 27 heavy (non-hydrogen) atoms. The zero-order valence-electron chi connectivity index (χ0n) is 14.8. The molecule has 0 aliphatic carbocycles. The average molecular weight is 392 g/mol. The maximum absolute atomic E-state index is 14.6. The number of thioether (sulfide) groups is 1. The van der Waals surface area contributed by atoms with Crippen LogP contribution in [0.2, 0.25) is 0 Å². The minimum absolute atomic E-state index is 0.0279. The quantitative estimate of drug-likeness (QED) is 0.781. The highest BCUT2D eigenvalue weighted by atomic mass is 32.2. The van der Waals surface area contributed by atoms with E-state index in [-0.39, 0.29) is 33.5 Å². The van der Waals surface area contributed by atoms with E-state index < -0.39 is 28.9 Å². The van der Waals surface area contributed by atoms with Crippen molar-refractivity contribution < 1.29 is 28.2 Å². The summed E-state index contributed by atoms with van der Waals surface area (Å²) in [5.74, 6) is -4.01. The lowest BCUT2D eigenvalue weighted by molar-refractivity contribution is -0.137. The van der Waals surface area contributed by atoms with E-state index >= 15 is 0 Å². The third-order valence-corrected chi connectivity index (χ3v) is 5.59. The smallest absolute Gasteiger partial charge is 0.338 e. The normalized spacial score (nSPS) is 22.1. The minimum Gasteiger partial charge on any atom is -0.466 e. The van der Waals surface area contributed by atoms with Crippen LogP contribution in [0.25, 0.3) is 0 Å². The molecule has 2 aliphatic heterocycles. The number of esters is 2. The van der Waals surface area contributed by atoms with Crippen LogP contribution >= 0.6 is 11.8 Å². The van der Waals surface area contributed by atoms with Gasteiger partial charge in [0.1, 0.15) is 11.6 Å². The molecule has 3 rings (SSSR count). The van der Waals surface area contributed by atoms with Gasteiger partial charge in [0.2, 0.25) is 5.91 Å². The molecule has 2 heterocycles. The lowest BCUT2D eigenvalue weighted by Crippen LogP contribution is -2.40. The molecule has 1 aromatic rings. The summed E-state index contributed by atoms with van der Waals surface area (Å²) in [5, 5.41) is -0.297. The molecule has 0 saturated carbocycles. The molecule has 9 heteroatoms. The van der Waals surface area contributed by atoms with Gasteiger partial charge in [-0.05, 0) is 13.0 Å². The SMILES string of the molecule is COC(=O)C1=C(N)N2C(=O)[C@H](C)SC2=C(C(=O)OC)[C@@H]1c1ccccc1F. The first-order valence-corrected chi connectivity index (χ1v) is 8.86. The van der Waals surface area contributed by atoms with Gasteiger partial charge in [-0.25, -0.2) is 14.0 Å². The number of fused-ring (bicyclic) bond motifs is 1. The van der Waals surface area contributed by atoms with Crippen LogP contribution in [0.5, 0.6) is 0 Å². The molecule has 0 spiro atoms. The first-order chi connectivity index (χ1) is 12.8. The molecule has 7 nitrogen and oxygen atoms in total. The molecule has 2 aliphatic rings. The number of methoxy groups -OCH3 is 2. The molecule has 142 valence electrons. The summed E-state index contributed by atoms with van der Waals surface area (Å²) in [6, 6.07) is 5.72. The van der Waals surface area contributed by atoms with Crippen LogP contribution in [0.15, 0.2) is 46.3 Å². The topological polar surface area (TPSA) is 98.9 Å². The van der Waals surface area contributed by atoms with E-state index in [0.29, 0.717) is 0 Å². The maximum Gasteiger partial charge on any atom is 0.338 e. The Morgan fingerprint density at radius 1 is 1.15 bits per heavy atom. The third kappa shape index (κ3) is 2.87. The Bertz CT molecular complexity index is 911. The van der Waals surface area contributed by atoms with Gasteiger partial charge in [-0.3, -0.25) is 9.69 Å². The van der Waals surface area contributed by atoms with Crippen LogP contribution in [0.1, 0.15) is 18.4 Å². The van der Waals surface area contributed by atoms with Crippen molar-refractivity contribution in [2.45, 2.75) is 18.1 Å². The second kappa shape index (κ2) is 7.07. The number of nitrogens with two attached hydrogens (primary N) is 1. The number of carbonyl (C=O) groups is 3. The summed E-state index contributed by atoms with van der Waals surface area (Å²) in [7, 11) is 2.31. The fourth-order valence-electron chi connectivity index (χ4n) is 3.17. The maximum atomic E-state index is 14.6. The first kappa shape index (κ1) is 19.0. The number of hydrogen-bond donors (Lipinski definition) is 1. The monoisotopic (exact) mass is 392 g/mol. The lowest BCUT2D eigenvalue weighted by Gasteiger charge is -2.32. The van der Waals surface area contributed by atoms with E-state index in [0.717, 1.165) is 23.8 Å². The van der Waals surface area contributed by atoms with Crippen molar-refractivity contribution in [2.75, 3.05) is 14.2 Å². The Morgan fingerprint density at radius 2 is 1.74 bits per heavy atom. The number of ether oxygens (including phenoxy) is 2. The predicted molar refractivity (Wildman–Crippen MR) is 95.3 cm³/mol. The van der Waals surface area contributed by atoms with Gasteiger partial charge < -0.3 is 15.2 Å².